The van der Waals surface area contributed by atoms with Crippen molar-refractivity contribution in [1.29, 1.82) is 0 Å². The van der Waals surface area contributed by atoms with Gasteiger partial charge in [0.25, 0.3) is 0 Å². The third-order valence-electron chi connectivity index (χ3n) is 5.10. The van der Waals surface area contributed by atoms with Gasteiger partial charge in [0.1, 0.15) is 0 Å². The van der Waals surface area contributed by atoms with E-state index in [2.05, 4.69) is 17.4 Å². The first-order valence-corrected chi connectivity index (χ1v) is 8.54. The fourth-order valence-corrected chi connectivity index (χ4v) is 3.71. The van der Waals surface area contributed by atoms with Gasteiger partial charge in [-0.1, -0.05) is 24.3 Å². The van der Waals surface area contributed by atoms with Crippen LogP contribution in [0.1, 0.15) is 36.9 Å². The normalized spacial score (nSPS) is 24.3. The van der Waals surface area contributed by atoms with Gasteiger partial charge in [-0.3, -0.25) is 0 Å². The van der Waals surface area contributed by atoms with E-state index in [1.54, 1.807) is 4.90 Å². The average Bonchev–Trinajstić information content (AvgIpc) is 3.22. The number of amides is 2. The van der Waals surface area contributed by atoms with Crippen LogP contribution in [0.4, 0.5) is 4.79 Å². The molecule has 1 aromatic rings. The molecule has 0 aromatic heterocycles. The number of hydrogen-bond acceptors (Lipinski definition) is 3. The number of aliphatic hydroxyl groups excluding tert-OH is 1. The van der Waals surface area contributed by atoms with Crippen molar-refractivity contribution < 1.29 is 14.6 Å². The first-order valence-electron chi connectivity index (χ1n) is 8.54. The molecule has 5 nitrogen and oxygen atoms in total. The Balaban J connectivity index is 1.70. The van der Waals surface area contributed by atoms with Crippen molar-refractivity contribution in [1.82, 2.24) is 10.2 Å². The molecule has 2 N–H and O–H groups in total. The second-order valence-corrected chi connectivity index (χ2v) is 6.53. The summed E-state index contributed by atoms with van der Waals surface area (Å²) in [7, 11) is 0. The molecular weight excluding hydrogens is 292 g/mol. The summed E-state index contributed by atoms with van der Waals surface area (Å²) in [6, 6.07) is 8.35. The van der Waals surface area contributed by atoms with Crippen LogP contribution < -0.4 is 5.32 Å². The molecule has 0 saturated carbocycles. The summed E-state index contributed by atoms with van der Waals surface area (Å²) in [5.74, 6) is 0.380. The number of hydrogen-bond donors (Lipinski definition) is 2. The predicted molar refractivity (Wildman–Crippen MR) is 88.2 cm³/mol. The average molecular weight is 318 g/mol. The second kappa shape index (κ2) is 7.32. The number of nitrogens with zero attached hydrogens (tertiary/aromatic N) is 1. The highest BCUT2D eigenvalue weighted by Gasteiger charge is 2.32. The Labute approximate surface area is 137 Å². The Kier molecular flexibility index (Phi) is 5.18. The summed E-state index contributed by atoms with van der Waals surface area (Å²) < 4.78 is 5.41. The lowest BCUT2D eigenvalue weighted by atomic mass is 10.0. The fourth-order valence-electron chi connectivity index (χ4n) is 3.71. The molecule has 1 heterocycles. The molecule has 126 valence electrons. The number of benzene rings is 1. The Bertz CT molecular complexity index is 543. The van der Waals surface area contributed by atoms with Gasteiger partial charge in [0.15, 0.2) is 0 Å². The molecule has 2 aliphatic rings. The van der Waals surface area contributed by atoms with Crippen LogP contribution in [0.15, 0.2) is 24.3 Å². The monoisotopic (exact) mass is 318 g/mol. The lowest BCUT2D eigenvalue weighted by Gasteiger charge is -2.31. The van der Waals surface area contributed by atoms with Gasteiger partial charge in [-0.2, -0.15) is 0 Å². The van der Waals surface area contributed by atoms with Crippen molar-refractivity contribution in [2.45, 2.75) is 38.3 Å². The quantitative estimate of drug-likeness (QED) is 0.874. The highest BCUT2D eigenvalue weighted by atomic mass is 16.5. The predicted octanol–water partition coefficient (Wildman–Crippen LogP) is 2.10. The van der Waals surface area contributed by atoms with Crippen molar-refractivity contribution in [3.05, 3.63) is 35.4 Å². The van der Waals surface area contributed by atoms with E-state index in [9.17, 15) is 9.90 Å². The van der Waals surface area contributed by atoms with E-state index in [-0.39, 0.29) is 24.7 Å². The largest absolute Gasteiger partial charge is 0.395 e. The number of carbonyl (C=O) groups is 1. The SMILES string of the molecule is CC(NC(=O)N(CCO)C1CCc2ccccc21)C1CCOC1. The Morgan fingerprint density at radius 2 is 2.26 bits per heavy atom. The van der Waals surface area contributed by atoms with Crippen molar-refractivity contribution >= 4 is 6.03 Å². The zero-order valence-electron chi connectivity index (χ0n) is 13.7. The molecule has 3 rings (SSSR count). The summed E-state index contributed by atoms with van der Waals surface area (Å²) in [5, 5.41) is 12.5. The molecule has 1 aliphatic heterocycles. The van der Waals surface area contributed by atoms with Crippen LogP contribution in [0.3, 0.4) is 0 Å². The molecule has 1 saturated heterocycles. The van der Waals surface area contributed by atoms with Crippen LogP contribution in [0, 0.1) is 5.92 Å². The lowest BCUT2D eigenvalue weighted by Crippen LogP contribution is -2.48. The molecule has 0 spiro atoms. The van der Waals surface area contributed by atoms with Crippen LogP contribution in [0.25, 0.3) is 0 Å². The first kappa shape index (κ1) is 16.3. The zero-order chi connectivity index (χ0) is 16.2. The van der Waals surface area contributed by atoms with E-state index in [4.69, 9.17) is 4.74 Å². The van der Waals surface area contributed by atoms with Gasteiger partial charge >= 0.3 is 6.03 Å². The van der Waals surface area contributed by atoms with Gasteiger partial charge in [0.05, 0.1) is 19.3 Å². The van der Waals surface area contributed by atoms with Gasteiger partial charge in [-0.15, -0.1) is 0 Å². The molecule has 3 atom stereocenters. The van der Waals surface area contributed by atoms with Gasteiger partial charge < -0.3 is 20.1 Å². The third kappa shape index (κ3) is 3.51. The van der Waals surface area contributed by atoms with Crippen molar-refractivity contribution in [2.75, 3.05) is 26.4 Å². The summed E-state index contributed by atoms with van der Waals surface area (Å²) >= 11 is 0. The van der Waals surface area contributed by atoms with E-state index in [0.29, 0.717) is 19.1 Å². The summed E-state index contributed by atoms with van der Waals surface area (Å²) in [4.78, 5) is 14.5. The maximum absolute atomic E-state index is 12.8. The van der Waals surface area contributed by atoms with Crippen LogP contribution in [-0.2, 0) is 11.2 Å². The van der Waals surface area contributed by atoms with Crippen molar-refractivity contribution in [3.8, 4) is 0 Å². The smallest absolute Gasteiger partial charge is 0.318 e. The van der Waals surface area contributed by atoms with Crippen LogP contribution in [0.5, 0.6) is 0 Å². The highest BCUT2D eigenvalue weighted by molar-refractivity contribution is 5.75. The number of urea groups is 1. The molecule has 1 fully saturated rings. The van der Waals surface area contributed by atoms with Crippen LogP contribution >= 0.6 is 0 Å². The number of aryl methyl sites for hydroxylation is 1. The Morgan fingerprint density at radius 1 is 1.43 bits per heavy atom. The van der Waals surface area contributed by atoms with E-state index in [1.165, 1.54) is 11.1 Å². The molecule has 23 heavy (non-hydrogen) atoms. The number of carbonyl (C=O) groups excluding carboxylic acids is 1. The maximum atomic E-state index is 12.8. The number of fused-ring (bicyclic) bond motifs is 1. The molecular formula is C18H26N2O3. The lowest BCUT2D eigenvalue weighted by molar-refractivity contribution is 0.143. The minimum absolute atomic E-state index is 0.0208. The topological polar surface area (TPSA) is 61.8 Å². The molecule has 0 radical (unpaired) electrons. The van der Waals surface area contributed by atoms with Crippen molar-refractivity contribution in [3.63, 3.8) is 0 Å². The molecule has 1 aromatic carbocycles. The molecule has 0 bridgehead atoms. The Morgan fingerprint density at radius 3 is 3.00 bits per heavy atom. The Hall–Kier alpha value is -1.59. The van der Waals surface area contributed by atoms with Gasteiger partial charge in [-0.05, 0) is 37.3 Å². The van der Waals surface area contributed by atoms with Crippen LogP contribution in [-0.4, -0.2) is 48.4 Å². The number of rotatable bonds is 5. The zero-order valence-corrected chi connectivity index (χ0v) is 13.7. The third-order valence-corrected chi connectivity index (χ3v) is 5.10. The molecule has 2 amide bonds. The number of nitrogens with one attached hydrogen (secondary N) is 1. The molecule has 3 unspecified atom stereocenters. The maximum Gasteiger partial charge on any atom is 0.318 e. The molecule has 1 aliphatic carbocycles. The van der Waals surface area contributed by atoms with Gasteiger partial charge in [-0.25, -0.2) is 4.79 Å². The van der Waals surface area contributed by atoms with Gasteiger partial charge in [0, 0.05) is 25.1 Å². The standard InChI is InChI=1S/C18H26N2O3/c1-13(15-8-11-23-12-15)19-18(22)20(9-10-21)17-7-6-14-4-2-3-5-16(14)17/h2-5,13,15,17,21H,6-12H2,1H3,(H,19,22). The summed E-state index contributed by atoms with van der Waals surface area (Å²) in [5.41, 5.74) is 2.53. The number of ether oxygens (including phenoxy) is 1. The summed E-state index contributed by atoms with van der Waals surface area (Å²) in [6.07, 6.45) is 2.91. The van der Waals surface area contributed by atoms with E-state index >= 15 is 0 Å². The summed E-state index contributed by atoms with van der Waals surface area (Å²) in [6.45, 7) is 3.87. The van der Waals surface area contributed by atoms with E-state index in [1.807, 2.05) is 19.1 Å². The number of aliphatic hydroxyl groups is 1. The molecule has 5 heteroatoms. The van der Waals surface area contributed by atoms with E-state index < -0.39 is 0 Å². The first-order chi connectivity index (χ1) is 11.2. The minimum atomic E-state index is -0.0832. The van der Waals surface area contributed by atoms with Crippen molar-refractivity contribution in [2.24, 2.45) is 5.92 Å². The van der Waals surface area contributed by atoms with Gasteiger partial charge in [0.2, 0.25) is 0 Å². The highest BCUT2D eigenvalue weighted by Crippen LogP contribution is 2.35. The van der Waals surface area contributed by atoms with Crippen LogP contribution in [0.2, 0.25) is 0 Å². The fraction of sp³-hybridized carbons (Fsp3) is 0.611. The van der Waals surface area contributed by atoms with E-state index in [0.717, 1.165) is 25.9 Å². The minimum Gasteiger partial charge on any atom is -0.395 e. The second-order valence-electron chi connectivity index (χ2n) is 6.53.